The van der Waals surface area contributed by atoms with E-state index in [1.807, 2.05) is 6.07 Å². The number of ether oxygens (including phenoxy) is 4. The molecule has 0 spiro atoms. The monoisotopic (exact) mass is 630 g/mol. The van der Waals surface area contributed by atoms with E-state index in [-0.39, 0.29) is 31.4 Å². The van der Waals surface area contributed by atoms with E-state index in [0.29, 0.717) is 51.6 Å². The quantitative estimate of drug-likeness (QED) is 0.189. The van der Waals surface area contributed by atoms with Crippen LogP contribution in [0.3, 0.4) is 0 Å². The number of carboxylic acid groups (broad SMARTS) is 1. The molecule has 45 heavy (non-hydrogen) atoms. The SMILES string of the molecule is CCCCOCCOCCOCCOc1ccc([C@@H](CC(=O)O)N2CCN(CCCc3ccc4c(n3)NCCC4)C2=O)cc1F. The average molecular weight is 631 g/mol. The van der Waals surface area contributed by atoms with E-state index in [9.17, 15) is 19.1 Å². The molecule has 2 N–H and O–H groups in total. The van der Waals surface area contributed by atoms with Crippen LogP contribution < -0.4 is 10.1 Å². The molecule has 0 radical (unpaired) electrons. The lowest BCUT2D eigenvalue weighted by molar-refractivity contribution is -0.138. The topological polar surface area (TPSA) is 123 Å². The van der Waals surface area contributed by atoms with Crippen LogP contribution in [0.5, 0.6) is 5.75 Å². The molecule has 1 fully saturated rings. The van der Waals surface area contributed by atoms with Crippen molar-refractivity contribution in [3.05, 3.63) is 53.0 Å². The van der Waals surface area contributed by atoms with Gasteiger partial charge in [-0.25, -0.2) is 14.2 Å². The summed E-state index contributed by atoms with van der Waals surface area (Å²) in [6.07, 6.45) is 5.43. The summed E-state index contributed by atoms with van der Waals surface area (Å²) in [5, 5.41) is 12.9. The number of carboxylic acids is 1. The zero-order valence-electron chi connectivity index (χ0n) is 26.3. The Morgan fingerprint density at radius 2 is 1.78 bits per heavy atom. The molecule has 1 aromatic carbocycles. The van der Waals surface area contributed by atoms with Crippen molar-refractivity contribution in [1.29, 1.82) is 0 Å². The Labute approximate surface area is 265 Å². The summed E-state index contributed by atoms with van der Waals surface area (Å²) in [5.74, 6) is -0.692. The summed E-state index contributed by atoms with van der Waals surface area (Å²) in [4.78, 5) is 33.0. The van der Waals surface area contributed by atoms with Crippen molar-refractivity contribution in [2.24, 2.45) is 0 Å². The fourth-order valence-corrected chi connectivity index (χ4v) is 5.47. The Kier molecular flexibility index (Phi) is 14.1. The number of aliphatic carboxylic acids is 1. The number of fused-ring (bicyclic) bond motifs is 1. The van der Waals surface area contributed by atoms with Crippen molar-refractivity contribution in [2.45, 2.75) is 57.9 Å². The Hall–Kier alpha value is -3.48. The van der Waals surface area contributed by atoms with Crippen LogP contribution >= 0.6 is 0 Å². The molecule has 0 saturated carbocycles. The van der Waals surface area contributed by atoms with Crippen molar-refractivity contribution in [3.8, 4) is 5.75 Å². The standard InChI is InChI=1S/C33H47FN4O7/c1-2-3-16-42-17-18-43-19-20-44-21-22-45-30-11-9-26(23-28(30)34)29(24-31(39)40)38-15-14-37(33(38)41)13-5-7-27-10-8-25-6-4-12-35-32(25)36-27/h8-11,23,29H,2-7,12-22,24H2,1H3,(H,35,36)(H,39,40)/t29-/m1/s1. The number of nitrogens with zero attached hydrogens (tertiary/aromatic N) is 3. The number of amides is 2. The summed E-state index contributed by atoms with van der Waals surface area (Å²) >= 11 is 0. The lowest BCUT2D eigenvalue weighted by Crippen LogP contribution is -2.36. The molecular weight excluding hydrogens is 583 g/mol. The van der Waals surface area contributed by atoms with E-state index in [2.05, 4.69) is 18.3 Å². The molecule has 248 valence electrons. The summed E-state index contributed by atoms with van der Waals surface area (Å²) in [7, 11) is 0. The zero-order chi connectivity index (χ0) is 31.9. The van der Waals surface area contributed by atoms with Crippen molar-refractivity contribution >= 4 is 17.8 Å². The Balaban J connectivity index is 1.20. The molecule has 2 amide bonds. The molecule has 0 bridgehead atoms. The largest absolute Gasteiger partial charge is 0.488 e. The second-order valence-corrected chi connectivity index (χ2v) is 11.2. The number of nitrogens with one attached hydrogen (secondary N) is 1. The molecule has 4 rings (SSSR count). The molecule has 1 atom stereocenters. The van der Waals surface area contributed by atoms with Gasteiger partial charge in [0.1, 0.15) is 12.4 Å². The first kappa shape index (κ1) is 34.4. The molecule has 1 saturated heterocycles. The van der Waals surface area contributed by atoms with Crippen LogP contribution in [0.1, 0.15) is 61.9 Å². The number of hydrogen-bond donors (Lipinski definition) is 2. The molecule has 0 aliphatic carbocycles. The average Bonchev–Trinajstić information content (AvgIpc) is 3.40. The minimum atomic E-state index is -1.07. The number of rotatable bonds is 21. The number of anilines is 1. The maximum Gasteiger partial charge on any atom is 0.320 e. The number of hydrogen-bond acceptors (Lipinski definition) is 8. The van der Waals surface area contributed by atoms with Crippen LogP contribution in [-0.4, -0.2) is 104 Å². The Morgan fingerprint density at radius 1 is 1.02 bits per heavy atom. The third kappa shape index (κ3) is 10.8. The van der Waals surface area contributed by atoms with Crippen LogP contribution in [0, 0.1) is 5.82 Å². The minimum absolute atomic E-state index is 0.0391. The number of aromatic nitrogens is 1. The highest BCUT2D eigenvalue weighted by Gasteiger charge is 2.35. The molecular formula is C33H47FN4O7. The van der Waals surface area contributed by atoms with Crippen LogP contribution in [0.15, 0.2) is 30.3 Å². The van der Waals surface area contributed by atoms with E-state index >= 15 is 0 Å². The summed E-state index contributed by atoms with van der Waals surface area (Å²) in [6.45, 7) is 7.46. The highest BCUT2D eigenvalue weighted by molar-refractivity contribution is 5.78. The number of pyridine rings is 1. The van der Waals surface area contributed by atoms with E-state index in [4.69, 9.17) is 23.9 Å². The molecule has 0 unspecified atom stereocenters. The summed E-state index contributed by atoms with van der Waals surface area (Å²) < 4.78 is 36.9. The lowest BCUT2D eigenvalue weighted by atomic mass is 10.0. The second kappa shape index (κ2) is 18.5. The van der Waals surface area contributed by atoms with E-state index in [1.54, 1.807) is 11.0 Å². The van der Waals surface area contributed by atoms with E-state index in [0.717, 1.165) is 63.2 Å². The summed E-state index contributed by atoms with van der Waals surface area (Å²) in [6, 6.07) is 7.48. The predicted octanol–water partition coefficient (Wildman–Crippen LogP) is 4.69. The molecule has 3 heterocycles. The number of unbranched alkanes of at least 4 members (excludes halogenated alkanes) is 1. The van der Waals surface area contributed by atoms with Gasteiger partial charge >= 0.3 is 12.0 Å². The van der Waals surface area contributed by atoms with Crippen LogP contribution in [0.4, 0.5) is 15.0 Å². The van der Waals surface area contributed by atoms with Gasteiger partial charge in [-0.05, 0) is 61.4 Å². The van der Waals surface area contributed by atoms with Gasteiger partial charge in [0.05, 0.1) is 45.5 Å². The van der Waals surface area contributed by atoms with Gasteiger partial charge in [0, 0.05) is 38.5 Å². The van der Waals surface area contributed by atoms with Gasteiger partial charge in [-0.1, -0.05) is 25.5 Å². The molecule has 11 nitrogen and oxygen atoms in total. The molecule has 2 aliphatic heterocycles. The maximum absolute atomic E-state index is 15.0. The minimum Gasteiger partial charge on any atom is -0.488 e. The van der Waals surface area contributed by atoms with Crippen LogP contribution in [0.25, 0.3) is 0 Å². The van der Waals surface area contributed by atoms with Gasteiger partial charge in [-0.3, -0.25) is 4.79 Å². The first-order valence-electron chi connectivity index (χ1n) is 16.1. The lowest BCUT2D eigenvalue weighted by Gasteiger charge is -2.27. The van der Waals surface area contributed by atoms with Crippen LogP contribution in [0.2, 0.25) is 0 Å². The van der Waals surface area contributed by atoms with Gasteiger partial charge in [0.15, 0.2) is 11.6 Å². The fraction of sp³-hybridized carbons (Fsp3) is 0.606. The smallest absolute Gasteiger partial charge is 0.320 e. The third-order valence-corrected chi connectivity index (χ3v) is 7.90. The van der Waals surface area contributed by atoms with Gasteiger partial charge < -0.3 is 39.2 Å². The predicted molar refractivity (Wildman–Crippen MR) is 167 cm³/mol. The highest BCUT2D eigenvalue weighted by Crippen LogP contribution is 2.31. The molecule has 2 aliphatic rings. The third-order valence-electron chi connectivity index (χ3n) is 7.90. The molecule has 12 heteroatoms. The Bertz CT molecular complexity index is 1230. The number of halogens is 1. The van der Waals surface area contributed by atoms with Crippen molar-refractivity contribution in [2.75, 3.05) is 77.7 Å². The summed E-state index contributed by atoms with van der Waals surface area (Å²) in [5.41, 5.74) is 2.63. The van der Waals surface area contributed by atoms with Gasteiger partial charge in [-0.15, -0.1) is 0 Å². The number of aryl methyl sites for hydroxylation is 2. The maximum atomic E-state index is 15.0. The fourth-order valence-electron chi connectivity index (χ4n) is 5.47. The van der Waals surface area contributed by atoms with E-state index in [1.165, 1.54) is 22.6 Å². The van der Waals surface area contributed by atoms with Crippen molar-refractivity contribution in [3.63, 3.8) is 0 Å². The van der Waals surface area contributed by atoms with Gasteiger partial charge in [-0.2, -0.15) is 0 Å². The Morgan fingerprint density at radius 3 is 2.51 bits per heavy atom. The zero-order valence-corrected chi connectivity index (χ0v) is 26.3. The van der Waals surface area contributed by atoms with Crippen molar-refractivity contribution in [1.82, 2.24) is 14.8 Å². The van der Waals surface area contributed by atoms with E-state index < -0.39 is 17.8 Å². The normalized spacial score (nSPS) is 15.2. The molecule has 1 aromatic heterocycles. The van der Waals surface area contributed by atoms with Crippen molar-refractivity contribution < 1.29 is 38.0 Å². The molecule has 2 aromatic rings. The van der Waals surface area contributed by atoms with Crippen LogP contribution in [-0.2, 0) is 31.8 Å². The highest BCUT2D eigenvalue weighted by atomic mass is 19.1. The second-order valence-electron chi connectivity index (χ2n) is 11.2. The number of carbonyl (C=O) groups excluding carboxylic acids is 1. The number of urea groups is 1. The first-order chi connectivity index (χ1) is 22.0. The van der Waals surface area contributed by atoms with Gasteiger partial charge in [0.2, 0.25) is 0 Å². The van der Waals surface area contributed by atoms with Gasteiger partial charge in [0.25, 0.3) is 0 Å². The number of benzene rings is 1. The number of carbonyl (C=O) groups is 2. The first-order valence-corrected chi connectivity index (χ1v) is 16.1.